The number of hydrogen-bond acceptors (Lipinski definition) is 5. The molecule has 0 aromatic heterocycles. The number of benzene rings is 2. The largest absolute Gasteiger partial charge is 0.289 e. The molecule has 1 unspecified atom stereocenters. The molecule has 0 aliphatic carbocycles. The zero-order valence-electron chi connectivity index (χ0n) is 15.6. The number of sulfonamides is 1. The van der Waals surface area contributed by atoms with E-state index in [2.05, 4.69) is 5.10 Å². The zero-order valence-corrected chi connectivity index (χ0v) is 16.4. The maximum atomic E-state index is 12.8. The normalized spacial score (nSPS) is 17.1. The van der Waals surface area contributed by atoms with Crippen molar-refractivity contribution in [2.75, 3.05) is 5.75 Å². The maximum Gasteiger partial charge on any atom is 0.269 e. The second kappa shape index (κ2) is 8.53. The molecule has 1 heterocycles. The van der Waals surface area contributed by atoms with Crippen molar-refractivity contribution in [1.82, 2.24) is 9.89 Å². The molecular formula is C20H23N3O4S. The number of hydrazone groups is 1. The molecular weight excluding hydrogens is 378 g/mol. The molecule has 8 heteroatoms. The van der Waals surface area contributed by atoms with E-state index in [1.54, 1.807) is 6.92 Å². The second-order valence-corrected chi connectivity index (χ2v) is 8.71. The lowest BCUT2D eigenvalue weighted by Crippen LogP contribution is -2.49. The van der Waals surface area contributed by atoms with Crippen LogP contribution in [0.15, 0.2) is 59.7 Å². The molecule has 0 saturated carbocycles. The molecule has 28 heavy (non-hydrogen) atoms. The van der Waals surface area contributed by atoms with E-state index in [1.807, 2.05) is 54.6 Å². The molecule has 1 aliphatic heterocycles. The highest BCUT2D eigenvalue weighted by Crippen LogP contribution is 2.22. The van der Waals surface area contributed by atoms with Crippen molar-refractivity contribution in [3.63, 3.8) is 0 Å². The van der Waals surface area contributed by atoms with E-state index in [1.165, 1.54) is 5.48 Å². The average Bonchev–Trinajstić information content (AvgIpc) is 2.73. The number of aryl methyl sites for hydroxylation is 1. The fourth-order valence-electron chi connectivity index (χ4n) is 3.14. The highest BCUT2D eigenvalue weighted by atomic mass is 32.2. The molecule has 2 N–H and O–H groups in total. The highest BCUT2D eigenvalue weighted by Gasteiger charge is 2.36. The van der Waals surface area contributed by atoms with Crippen LogP contribution in [0.3, 0.4) is 0 Å². The quantitative estimate of drug-likeness (QED) is 0.574. The summed E-state index contributed by atoms with van der Waals surface area (Å²) in [6, 6.07) is 16.6. The Bertz CT molecular complexity index is 957. The predicted molar refractivity (Wildman–Crippen MR) is 107 cm³/mol. The Morgan fingerprint density at radius 3 is 2.43 bits per heavy atom. The molecule has 1 amide bonds. The summed E-state index contributed by atoms with van der Waals surface area (Å²) in [5, 5.41) is 13.0. The predicted octanol–water partition coefficient (Wildman–Crippen LogP) is 2.57. The van der Waals surface area contributed by atoms with Crippen LogP contribution in [0.25, 0.3) is 11.1 Å². The van der Waals surface area contributed by atoms with Gasteiger partial charge in [0.25, 0.3) is 15.9 Å². The highest BCUT2D eigenvalue weighted by molar-refractivity contribution is 7.89. The Labute approximate surface area is 164 Å². The summed E-state index contributed by atoms with van der Waals surface area (Å²) >= 11 is 0. The van der Waals surface area contributed by atoms with E-state index in [-0.39, 0.29) is 12.2 Å². The minimum absolute atomic E-state index is 0.177. The molecule has 1 atom stereocenters. The smallest absolute Gasteiger partial charge is 0.269 e. The van der Waals surface area contributed by atoms with Crippen molar-refractivity contribution in [1.29, 1.82) is 0 Å². The Hall–Kier alpha value is -2.71. The monoisotopic (exact) mass is 401 g/mol. The number of hydrogen-bond donors (Lipinski definition) is 2. The van der Waals surface area contributed by atoms with Crippen molar-refractivity contribution >= 4 is 21.6 Å². The third kappa shape index (κ3) is 4.58. The van der Waals surface area contributed by atoms with Gasteiger partial charge in [-0.2, -0.15) is 9.52 Å². The molecule has 0 bridgehead atoms. The average molecular weight is 401 g/mol. The van der Waals surface area contributed by atoms with Crippen LogP contribution in [-0.2, 0) is 21.2 Å². The third-order valence-corrected chi connectivity index (χ3v) is 6.35. The van der Waals surface area contributed by atoms with Gasteiger partial charge in [-0.05, 0) is 42.9 Å². The summed E-state index contributed by atoms with van der Waals surface area (Å²) in [7, 11) is -3.81. The molecule has 2 aromatic rings. The molecule has 0 fully saturated rings. The van der Waals surface area contributed by atoms with E-state index in [0.29, 0.717) is 18.6 Å². The summed E-state index contributed by atoms with van der Waals surface area (Å²) in [5.41, 5.74) is 5.20. The van der Waals surface area contributed by atoms with Gasteiger partial charge in [-0.15, -0.1) is 0 Å². The summed E-state index contributed by atoms with van der Waals surface area (Å²) in [5.74, 6) is -0.948. The van der Waals surface area contributed by atoms with Crippen LogP contribution in [0.2, 0.25) is 0 Å². The summed E-state index contributed by atoms with van der Waals surface area (Å²) in [4.78, 5) is 11.8. The first-order valence-corrected chi connectivity index (χ1v) is 10.7. The third-order valence-electron chi connectivity index (χ3n) is 4.72. The lowest BCUT2D eigenvalue weighted by molar-refractivity contribution is -0.133. The van der Waals surface area contributed by atoms with Crippen LogP contribution in [0.1, 0.15) is 25.3 Å². The van der Waals surface area contributed by atoms with E-state index in [4.69, 9.17) is 5.21 Å². The minimum atomic E-state index is -3.81. The first-order valence-electron chi connectivity index (χ1n) is 9.05. The number of rotatable bonds is 6. The molecule has 3 rings (SSSR count). The fraction of sp³-hybridized carbons (Fsp3) is 0.300. The standard InChI is InChI=1S/C20H23N3O4S/c1-15-7-12-19(20(24)22-25)23(21-15)28(26,27)14-13-16-8-10-18(11-9-16)17-5-3-2-4-6-17/h2-6,8-11,19,25H,7,12-14H2,1H3,(H,22,24). The minimum Gasteiger partial charge on any atom is -0.289 e. The number of amides is 1. The Morgan fingerprint density at radius 1 is 1.14 bits per heavy atom. The van der Waals surface area contributed by atoms with E-state index >= 15 is 0 Å². The zero-order chi connectivity index (χ0) is 20.1. The van der Waals surface area contributed by atoms with Crippen LogP contribution in [-0.4, -0.2) is 41.5 Å². The lowest BCUT2D eigenvalue weighted by atomic mass is 10.0. The summed E-state index contributed by atoms with van der Waals surface area (Å²) in [6.07, 6.45) is 1.09. The van der Waals surface area contributed by atoms with Crippen molar-refractivity contribution < 1.29 is 18.4 Å². The summed E-state index contributed by atoms with van der Waals surface area (Å²) < 4.78 is 26.4. The number of hydroxylamine groups is 1. The molecule has 0 spiro atoms. The van der Waals surface area contributed by atoms with Gasteiger partial charge in [-0.3, -0.25) is 10.0 Å². The first-order chi connectivity index (χ1) is 13.4. The fourth-order valence-corrected chi connectivity index (χ4v) is 4.67. The van der Waals surface area contributed by atoms with Crippen molar-refractivity contribution in [3.05, 3.63) is 60.2 Å². The van der Waals surface area contributed by atoms with Crippen LogP contribution in [0, 0.1) is 0 Å². The second-order valence-electron chi connectivity index (χ2n) is 6.77. The van der Waals surface area contributed by atoms with Gasteiger partial charge in [0.1, 0.15) is 6.04 Å². The lowest BCUT2D eigenvalue weighted by Gasteiger charge is -2.30. The molecule has 2 aromatic carbocycles. The Kier molecular flexibility index (Phi) is 6.11. The number of nitrogens with zero attached hydrogens (tertiary/aromatic N) is 2. The summed E-state index contributed by atoms with van der Waals surface area (Å²) in [6.45, 7) is 1.72. The SMILES string of the molecule is CC1=NN(S(=O)(=O)CCc2ccc(-c3ccccc3)cc2)C(C(=O)NO)CC1. The van der Waals surface area contributed by atoms with E-state index in [9.17, 15) is 13.2 Å². The Balaban J connectivity index is 1.72. The van der Waals surface area contributed by atoms with Crippen LogP contribution in [0.4, 0.5) is 0 Å². The van der Waals surface area contributed by atoms with Gasteiger partial charge >= 0.3 is 0 Å². The molecule has 0 radical (unpaired) electrons. The van der Waals surface area contributed by atoms with Crippen molar-refractivity contribution in [3.8, 4) is 11.1 Å². The first kappa shape index (κ1) is 20.0. The van der Waals surface area contributed by atoms with E-state index in [0.717, 1.165) is 21.1 Å². The van der Waals surface area contributed by atoms with Gasteiger partial charge in [0, 0.05) is 5.71 Å². The molecule has 1 aliphatic rings. The maximum absolute atomic E-state index is 12.8. The van der Waals surface area contributed by atoms with Crippen molar-refractivity contribution in [2.45, 2.75) is 32.2 Å². The van der Waals surface area contributed by atoms with Gasteiger partial charge < -0.3 is 0 Å². The van der Waals surface area contributed by atoms with Crippen LogP contribution < -0.4 is 5.48 Å². The van der Waals surface area contributed by atoms with E-state index < -0.39 is 22.0 Å². The van der Waals surface area contributed by atoms with Crippen molar-refractivity contribution in [2.24, 2.45) is 5.10 Å². The number of carbonyl (C=O) groups excluding carboxylic acids is 1. The van der Waals surface area contributed by atoms with Gasteiger partial charge in [0.05, 0.1) is 5.75 Å². The number of nitrogens with one attached hydrogen (secondary N) is 1. The van der Waals surface area contributed by atoms with Gasteiger partial charge in [0.15, 0.2) is 0 Å². The topological polar surface area (TPSA) is 99.1 Å². The van der Waals surface area contributed by atoms with Gasteiger partial charge in [-0.1, -0.05) is 54.6 Å². The number of carbonyl (C=O) groups is 1. The van der Waals surface area contributed by atoms with Gasteiger partial charge in [0.2, 0.25) is 0 Å². The van der Waals surface area contributed by atoms with Gasteiger partial charge in [-0.25, -0.2) is 13.9 Å². The van der Waals surface area contributed by atoms with Crippen LogP contribution in [0.5, 0.6) is 0 Å². The van der Waals surface area contributed by atoms with Crippen LogP contribution >= 0.6 is 0 Å². The Morgan fingerprint density at radius 2 is 1.79 bits per heavy atom. The molecule has 148 valence electrons. The molecule has 7 nitrogen and oxygen atoms in total. The molecule has 0 saturated heterocycles.